The van der Waals surface area contributed by atoms with Crippen molar-refractivity contribution in [3.05, 3.63) is 65.5 Å². The molecule has 1 aliphatic carbocycles. The van der Waals surface area contributed by atoms with Crippen LogP contribution in [0.2, 0.25) is 0 Å². The van der Waals surface area contributed by atoms with Gasteiger partial charge < -0.3 is 5.73 Å². The molecule has 0 spiro atoms. The van der Waals surface area contributed by atoms with Crippen molar-refractivity contribution in [1.82, 2.24) is 14.8 Å². The monoisotopic (exact) mass is 352 g/mol. The van der Waals surface area contributed by atoms with E-state index in [1.54, 1.807) is 0 Å². The highest BCUT2D eigenvalue weighted by molar-refractivity contribution is 5.22. The van der Waals surface area contributed by atoms with Gasteiger partial charge >= 0.3 is 0 Å². The van der Waals surface area contributed by atoms with Crippen LogP contribution in [-0.4, -0.2) is 41.0 Å². The average Bonchev–Trinajstić information content (AvgIpc) is 2.64. The third-order valence-corrected chi connectivity index (χ3v) is 5.41. The summed E-state index contributed by atoms with van der Waals surface area (Å²) >= 11 is 0. The summed E-state index contributed by atoms with van der Waals surface area (Å²) in [7, 11) is 4.35. The SMILES string of the molecule is CN(Cc1ccc(CN(C)[C@@H]2CCCC[C@@H]2N)cc1)Cc1ccccn1. The quantitative estimate of drug-likeness (QED) is 0.829. The van der Waals surface area contributed by atoms with Crippen LogP contribution in [0.5, 0.6) is 0 Å². The third kappa shape index (κ3) is 5.37. The van der Waals surface area contributed by atoms with Crippen molar-refractivity contribution in [3.8, 4) is 0 Å². The fourth-order valence-corrected chi connectivity index (χ4v) is 3.98. The van der Waals surface area contributed by atoms with Crippen LogP contribution in [-0.2, 0) is 19.6 Å². The molecule has 3 rings (SSSR count). The highest BCUT2D eigenvalue weighted by Gasteiger charge is 2.25. The lowest BCUT2D eigenvalue weighted by atomic mass is 9.90. The fraction of sp³-hybridized carbons (Fsp3) is 0.500. The lowest BCUT2D eigenvalue weighted by molar-refractivity contribution is 0.162. The van der Waals surface area contributed by atoms with Gasteiger partial charge in [0.2, 0.25) is 0 Å². The molecule has 26 heavy (non-hydrogen) atoms. The van der Waals surface area contributed by atoms with E-state index in [1.165, 1.54) is 30.4 Å². The molecule has 0 bridgehead atoms. The van der Waals surface area contributed by atoms with Gasteiger partial charge in [0.15, 0.2) is 0 Å². The summed E-state index contributed by atoms with van der Waals surface area (Å²) in [5.74, 6) is 0. The van der Waals surface area contributed by atoms with E-state index in [0.717, 1.165) is 31.7 Å². The second-order valence-corrected chi connectivity index (χ2v) is 7.74. The maximum absolute atomic E-state index is 6.32. The van der Waals surface area contributed by atoms with Gasteiger partial charge in [0.1, 0.15) is 0 Å². The largest absolute Gasteiger partial charge is 0.326 e. The smallest absolute Gasteiger partial charge is 0.0543 e. The Morgan fingerprint density at radius 2 is 1.62 bits per heavy atom. The first-order valence-electron chi connectivity index (χ1n) is 9.74. The number of nitrogens with two attached hydrogens (primary N) is 1. The Morgan fingerprint density at radius 3 is 2.27 bits per heavy atom. The minimum Gasteiger partial charge on any atom is -0.326 e. The van der Waals surface area contributed by atoms with Crippen molar-refractivity contribution >= 4 is 0 Å². The Bertz CT molecular complexity index is 656. The number of pyridine rings is 1. The maximum atomic E-state index is 6.32. The molecular weight excluding hydrogens is 320 g/mol. The Morgan fingerprint density at radius 1 is 0.923 bits per heavy atom. The summed E-state index contributed by atoms with van der Waals surface area (Å²) in [6.45, 7) is 2.77. The molecule has 4 nitrogen and oxygen atoms in total. The van der Waals surface area contributed by atoms with Crippen LogP contribution in [0.3, 0.4) is 0 Å². The number of aromatic nitrogens is 1. The lowest BCUT2D eigenvalue weighted by Crippen LogP contribution is -2.47. The summed E-state index contributed by atoms with van der Waals surface area (Å²) in [4.78, 5) is 9.13. The van der Waals surface area contributed by atoms with Gasteiger partial charge in [-0.05, 0) is 50.2 Å². The zero-order valence-electron chi connectivity index (χ0n) is 16.1. The summed E-state index contributed by atoms with van der Waals surface area (Å²) in [6, 6.07) is 15.9. The zero-order valence-corrected chi connectivity index (χ0v) is 16.1. The summed E-state index contributed by atoms with van der Waals surface area (Å²) in [6.07, 6.45) is 6.84. The van der Waals surface area contributed by atoms with E-state index in [-0.39, 0.29) is 0 Å². The molecule has 4 heteroatoms. The van der Waals surface area contributed by atoms with Crippen LogP contribution in [0.15, 0.2) is 48.7 Å². The molecule has 1 aromatic carbocycles. The van der Waals surface area contributed by atoms with Crippen molar-refractivity contribution in [2.45, 2.75) is 57.4 Å². The molecule has 0 radical (unpaired) electrons. The predicted octanol–water partition coefficient (Wildman–Crippen LogP) is 3.42. The average molecular weight is 353 g/mol. The second kappa shape index (κ2) is 9.26. The zero-order chi connectivity index (χ0) is 18.4. The molecule has 0 aliphatic heterocycles. The van der Waals surface area contributed by atoms with Crippen LogP contribution in [0.4, 0.5) is 0 Å². The van der Waals surface area contributed by atoms with Gasteiger partial charge in [-0.15, -0.1) is 0 Å². The van der Waals surface area contributed by atoms with Crippen molar-refractivity contribution in [2.75, 3.05) is 14.1 Å². The maximum Gasteiger partial charge on any atom is 0.0543 e. The molecule has 0 saturated heterocycles. The number of nitrogens with zero attached hydrogens (tertiary/aromatic N) is 3. The highest BCUT2D eigenvalue weighted by Crippen LogP contribution is 2.22. The normalized spacial score (nSPS) is 20.7. The van der Waals surface area contributed by atoms with E-state index in [9.17, 15) is 0 Å². The van der Waals surface area contributed by atoms with Crippen LogP contribution in [0, 0.1) is 0 Å². The number of hydrogen-bond acceptors (Lipinski definition) is 4. The molecule has 140 valence electrons. The van der Waals surface area contributed by atoms with E-state index in [0.29, 0.717) is 12.1 Å². The first-order valence-corrected chi connectivity index (χ1v) is 9.74. The molecular formula is C22H32N4. The Balaban J connectivity index is 1.51. The minimum absolute atomic E-state index is 0.327. The molecule has 1 aromatic heterocycles. The van der Waals surface area contributed by atoms with Gasteiger partial charge in [0.05, 0.1) is 5.69 Å². The summed E-state index contributed by atoms with van der Waals surface area (Å²) in [5, 5.41) is 0. The summed E-state index contributed by atoms with van der Waals surface area (Å²) in [5.41, 5.74) is 10.1. The van der Waals surface area contributed by atoms with Crippen LogP contribution >= 0.6 is 0 Å². The van der Waals surface area contributed by atoms with Crippen molar-refractivity contribution in [3.63, 3.8) is 0 Å². The van der Waals surface area contributed by atoms with E-state index in [2.05, 4.69) is 59.2 Å². The number of rotatable bonds is 7. The Kier molecular flexibility index (Phi) is 6.78. The van der Waals surface area contributed by atoms with Gasteiger partial charge in [0.25, 0.3) is 0 Å². The van der Waals surface area contributed by atoms with Crippen LogP contribution in [0.1, 0.15) is 42.5 Å². The molecule has 0 unspecified atom stereocenters. The van der Waals surface area contributed by atoms with Crippen molar-refractivity contribution in [1.29, 1.82) is 0 Å². The molecule has 1 heterocycles. The van der Waals surface area contributed by atoms with Gasteiger partial charge in [-0.1, -0.05) is 43.2 Å². The predicted molar refractivity (Wildman–Crippen MR) is 108 cm³/mol. The van der Waals surface area contributed by atoms with E-state index >= 15 is 0 Å². The Hall–Kier alpha value is -1.75. The van der Waals surface area contributed by atoms with Crippen molar-refractivity contribution in [2.24, 2.45) is 5.73 Å². The van der Waals surface area contributed by atoms with Gasteiger partial charge in [-0.2, -0.15) is 0 Å². The second-order valence-electron chi connectivity index (χ2n) is 7.74. The summed E-state index contributed by atoms with van der Waals surface area (Å²) < 4.78 is 0. The van der Waals surface area contributed by atoms with E-state index in [1.807, 2.05) is 18.3 Å². The minimum atomic E-state index is 0.327. The topological polar surface area (TPSA) is 45.4 Å². The third-order valence-electron chi connectivity index (χ3n) is 5.41. The molecule has 2 aromatic rings. The molecule has 1 saturated carbocycles. The Labute approximate surface area is 158 Å². The van der Waals surface area contributed by atoms with Crippen LogP contribution in [0.25, 0.3) is 0 Å². The number of hydrogen-bond donors (Lipinski definition) is 1. The van der Waals surface area contributed by atoms with Gasteiger partial charge in [0, 0.05) is 37.9 Å². The van der Waals surface area contributed by atoms with Crippen LogP contribution < -0.4 is 5.73 Å². The molecule has 0 amide bonds. The van der Waals surface area contributed by atoms with Crippen molar-refractivity contribution < 1.29 is 0 Å². The molecule has 2 atom stereocenters. The molecule has 2 N–H and O–H groups in total. The standard InChI is InChI=1S/C22H32N4/c1-25(17-20-7-5-6-14-24-20)15-18-10-12-19(13-11-18)16-26(2)22-9-4-3-8-21(22)23/h5-7,10-14,21-22H,3-4,8-9,15-17,23H2,1-2H3/t21-,22+/m0/s1. The molecule has 1 fully saturated rings. The van der Waals surface area contributed by atoms with Gasteiger partial charge in [-0.3, -0.25) is 14.8 Å². The lowest BCUT2D eigenvalue weighted by Gasteiger charge is -2.36. The van der Waals surface area contributed by atoms with E-state index < -0.39 is 0 Å². The first kappa shape index (κ1) is 19.0. The molecule has 1 aliphatic rings. The highest BCUT2D eigenvalue weighted by atomic mass is 15.1. The fourth-order valence-electron chi connectivity index (χ4n) is 3.98. The van der Waals surface area contributed by atoms with Gasteiger partial charge in [-0.25, -0.2) is 0 Å². The van der Waals surface area contributed by atoms with E-state index in [4.69, 9.17) is 5.73 Å². The number of benzene rings is 1. The first-order chi connectivity index (χ1) is 12.6. The number of likely N-dealkylation sites (N-methyl/N-ethyl adjacent to an activating group) is 1.